The lowest BCUT2D eigenvalue weighted by atomic mass is 10.2. The highest BCUT2D eigenvalue weighted by Crippen LogP contribution is 2.20. The van der Waals surface area contributed by atoms with Gasteiger partial charge >= 0.3 is 0 Å². The van der Waals surface area contributed by atoms with Gasteiger partial charge in [-0.2, -0.15) is 0 Å². The Labute approximate surface area is 125 Å². The summed E-state index contributed by atoms with van der Waals surface area (Å²) < 4.78 is 19.2. The van der Waals surface area contributed by atoms with Crippen LogP contribution in [0.3, 0.4) is 0 Å². The topological polar surface area (TPSA) is 50.4 Å². The summed E-state index contributed by atoms with van der Waals surface area (Å²) in [5.41, 5.74) is 0.800. The highest BCUT2D eigenvalue weighted by atomic mass is 19.1. The standard InChI is InChI=1S/C16H23FN2O2/c1-10(2)18-9-12-6-13(17)8-15(7-12)21-11(3)16(20)19-14-4-5-14/h6-8,10-11,14,18H,4-5,9H2,1-3H3,(H,19,20). The molecule has 0 aromatic heterocycles. The molecule has 1 amide bonds. The quantitative estimate of drug-likeness (QED) is 0.812. The molecule has 2 N–H and O–H groups in total. The summed E-state index contributed by atoms with van der Waals surface area (Å²) in [6, 6.07) is 5.15. The van der Waals surface area contributed by atoms with Gasteiger partial charge in [-0.15, -0.1) is 0 Å². The summed E-state index contributed by atoms with van der Waals surface area (Å²) in [7, 11) is 0. The van der Waals surface area contributed by atoms with Gasteiger partial charge in [0.05, 0.1) is 0 Å². The largest absolute Gasteiger partial charge is 0.481 e. The van der Waals surface area contributed by atoms with Gasteiger partial charge in [0, 0.05) is 24.7 Å². The monoisotopic (exact) mass is 294 g/mol. The molecule has 5 heteroatoms. The van der Waals surface area contributed by atoms with E-state index in [1.165, 1.54) is 12.1 Å². The van der Waals surface area contributed by atoms with Gasteiger partial charge in [0.2, 0.25) is 0 Å². The minimum atomic E-state index is -0.627. The zero-order chi connectivity index (χ0) is 15.4. The van der Waals surface area contributed by atoms with Crippen LogP contribution < -0.4 is 15.4 Å². The fourth-order valence-corrected chi connectivity index (χ4v) is 1.92. The van der Waals surface area contributed by atoms with Gasteiger partial charge in [-0.3, -0.25) is 4.79 Å². The van der Waals surface area contributed by atoms with Crippen molar-refractivity contribution in [3.05, 3.63) is 29.6 Å². The van der Waals surface area contributed by atoms with Crippen LogP contribution >= 0.6 is 0 Å². The molecule has 1 aromatic carbocycles. The molecule has 1 aliphatic rings. The molecule has 1 fully saturated rings. The number of hydrogen-bond acceptors (Lipinski definition) is 3. The first-order valence-electron chi connectivity index (χ1n) is 7.44. The van der Waals surface area contributed by atoms with Crippen LogP contribution in [0.5, 0.6) is 5.75 Å². The Morgan fingerprint density at radius 1 is 1.33 bits per heavy atom. The summed E-state index contributed by atoms with van der Waals surface area (Å²) >= 11 is 0. The molecule has 21 heavy (non-hydrogen) atoms. The third-order valence-electron chi connectivity index (χ3n) is 3.25. The minimum Gasteiger partial charge on any atom is -0.481 e. The van der Waals surface area contributed by atoms with Gasteiger partial charge in [-0.1, -0.05) is 13.8 Å². The number of carbonyl (C=O) groups is 1. The van der Waals surface area contributed by atoms with E-state index in [4.69, 9.17) is 4.74 Å². The van der Waals surface area contributed by atoms with Crippen molar-refractivity contribution in [2.45, 2.75) is 58.3 Å². The predicted octanol–water partition coefficient (Wildman–Crippen LogP) is 2.37. The van der Waals surface area contributed by atoms with E-state index >= 15 is 0 Å². The molecular formula is C16H23FN2O2. The van der Waals surface area contributed by atoms with Crippen LogP contribution in [0.4, 0.5) is 4.39 Å². The van der Waals surface area contributed by atoms with Crippen molar-refractivity contribution in [1.29, 1.82) is 0 Å². The maximum Gasteiger partial charge on any atom is 0.260 e. The van der Waals surface area contributed by atoms with Gasteiger partial charge < -0.3 is 15.4 Å². The van der Waals surface area contributed by atoms with E-state index in [2.05, 4.69) is 10.6 Å². The molecule has 0 aliphatic heterocycles. The van der Waals surface area contributed by atoms with E-state index in [1.54, 1.807) is 13.0 Å². The fourth-order valence-electron chi connectivity index (χ4n) is 1.92. The number of carbonyl (C=O) groups excluding carboxylic acids is 1. The Hall–Kier alpha value is -1.62. The first kappa shape index (κ1) is 15.8. The third-order valence-corrected chi connectivity index (χ3v) is 3.25. The molecule has 1 saturated carbocycles. The molecule has 1 aromatic rings. The van der Waals surface area contributed by atoms with Gasteiger partial charge in [0.1, 0.15) is 11.6 Å². The van der Waals surface area contributed by atoms with E-state index in [1.807, 2.05) is 13.8 Å². The second-order valence-corrected chi connectivity index (χ2v) is 5.87. The fraction of sp³-hybridized carbons (Fsp3) is 0.562. The number of benzene rings is 1. The van der Waals surface area contributed by atoms with Gasteiger partial charge in [-0.05, 0) is 37.5 Å². The van der Waals surface area contributed by atoms with E-state index in [9.17, 15) is 9.18 Å². The Kier molecular flexibility index (Phi) is 5.17. The summed E-state index contributed by atoms with van der Waals surface area (Å²) in [4.78, 5) is 11.8. The van der Waals surface area contributed by atoms with E-state index in [0.29, 0.717) is 24.4 Å². The second-order valence-electron chi connectivity index (χ2n) is 5.87. The van der Waals surface area contributed by atoms with Crippen LogP contribution in [0.25, 0.3) is 0 Å². The Balaban J connectivity index is 1.96. The zero-order valence-corrected chi connectivity index (χ0v) is 12.8. The minimum absolute atomic E-state index is 0.149. The maximum absolute atomic E-state index is 13.6. The lowest BCUT2D eigenvalue weighted by Crippen LogP contribution is -2.37. The molecule has 1 aliphatic carbocycles. The lowest BCUT2D eigenvalue weighted by Gasteiger charge is -2.16. The SMILES string of the molecule is CC(C)NCc1cc(F)cc(OC(C)C(=O)NC2CC2)c1. The summed E-state index contributed by atoms with van der Waals surface area (Å²) in [5, 5.41) is 6.10. The van der Waals surface area contributed by atoms with Crippen LogP contribution in [0.2, 0.25) is 0 Å². The van der Waals surface area contributed by atoms with E-state index in [0.717, 1.165) is 18.4 Å². The molecular weight excluding hydrogens is 271 g/mol. The molecule has 0 radical (unpaired) electrons. The normalized spacial score (nSPS) is 15.9. The van der Waals surface area contributed by atoms with Crippen LogP contribution in [-0.4, -0.2) is 24.1 Å². The number of ether oxygens (including phenoxy) is 1. The smallest absolute Gasteiger partial charge is 0.260 e. The van der Waals surface area contributed by atoms with Crippen LogP contribution in [0.15, 0.2) is 18.2 Å². The molecule has 2 rings (SSSR count). The van der Waals surface area contributed by atoms with Gasteiger partial charge in [0.25, 0.3) is 5.91 Å². The zero-order valence-electron chi connectivity index (χ0n) is 12.8. The molecule has 116 valence electrons. The number of amides is 1. The summed E-state index contributed by atoms with van der Waals surface area (Å²) in [6.07, 6.45) is 1.44. The Morgan fingerprint density at radius 3 is 2.67 bits per heavy atom. The highest BCUT2D eigenvalue weighted by molar-refractivity contribution is 5.81. The van der Waals surface area contributed by atoms with Crippen molar-refractivity contribution >= 4 is 5.91 Å². The molecule has 1 unspecified atom stereocenters. The lowest BCUT2D eigenvalue weighted by molar-refractivity contribution is -0.127. The average Bonchev–Trinajstić information content (AvgIpc) is 3.19. The van der Waals surface area contributed by atoms with Crippen molar-refractivity contribution in [3.63, 3.8) is 0 Å². The van der Waals surface area contributed by atoms with Gasteiger partial charge in [0.15, 0.2) is 6.10 Å². The predicted molar refractivity (Wildman–Crippen MR) is 79.6 cm³/mol. The highest BCUT2D eigenvalue weighted by Gasteiger charge is 2.26. The maximum atomic E-state index is 13.6. The Morgan fingerprint density at radius 2 is 2.05 bits per heavy atom. The number of nitrogens with one attached hydrogen (secondary N) is 2. The summed E-state index contributed by atoms with van der Waals surface area (Å²) in [6.45, 7) is 6.30. The molecule has 0 spiro atoms. The molecule has 0 bridgehead atoms. The van der Waals surface area contributed by atoms with E-state index in [-0.39, 0.29) is 11.7 Å². The Bertz CT molecular complexity index is 501. The third kappa shape index (κ3) is 5.34. The van der Waals surface area contributed by atoms with Crippen molar-refractivity contribution in [2.75, 3.05) is 0 Å². The van der Waals surface area contributed by atoms with Gasteiger partial charge in [-0.25, -0.2) is 4.39 Å². The summed E-state index contributed by atoms with van der Waals surface area (Å²) in [5.74, 6) is -0.125. The molecule has 4 nitrogen and oxygen atoms in total. The van der Waals surface area contributed by atoms with E-state index < -0.39 is 6.10 Å². The van der Waals surface area contributed by atoms with Crippen LogP contribution in [0, 0.1) is 5.82 Å². The van der Waals surface area contributed by atoms with Crippen molar-refractivity contribution in [1.82, 2.24) is 10.6 Å². The van der Waals surface area contributed by atoms with Crippen LogP contribution in [0.1, 0.15) is 39.2 Å². The van der Waals surface area contributed by atoms with Crippen molar-refractivity contribution < 1.29 is 13.9 Å². The number of halogens is 1. The van der Waals surface area contributed by atoms with Crippen LogP contribution in [-0.2, 0) is 11.3 Å². The van der Waals surface area contributed by atoms with Crippen molar-refractivity contribution in [2.24, 2.45) is 0 Å². The first-order chi connectivity index (χ1) is 9.94. The number of hydrogen-bond donors (Lipinski definition) is 2. The first-order valence-corrected chi connectivity index (χ1v) is 7.44. The van der Waals surface area contributed by atoms with Crippen molar-refractivity contribution in [3.8, 4) is 5.75 Å². The number of rotatable bonds is 7. The average molecular weight is 294 g/mol. The molecule has 0 heterocycles. The second kappa shape index (κ2) is 6.89. The molecule has 0 saturated heterocycles. The molecule has 1 atom stereocenters.